The number of imidazole rings is 1. The summed E-state index contributed by atoms with van der Waals surface area (Å²) in [6, 6.07) is 2.68. The number of hydrogen-bond donors (Lipinski definition) is 2. The molecule has 3 aromatic rings. The van der Waals surface area contributed by atoms with Gasteiger partial charge in [0, 0.05) is 50.9 Å². The van der Waals surface area contributed by atoms with Crippen molar-refractivity contribution in [3.05, 3.63) is 62.6 Å². The monoisotopic (exact) mass is 488 g/mol. The van der Waals surface area contributed by atoms with Crippen molar-refractivity contribution in [3.63, 3.8) is 0 Å². The number of aryl methyl sites for hydroxylation is 1. The van der Waals surface area contributed by atoms with Crippen molar-refractivity contribution in [2.45, 2.75) is 26.1 Å². The van der Waals surface area contributed by atoms with Crippen LogP contribution in [0.5, 0.6) is 0 Å². The van der Waals surface area contributed by atoms with Crippen LogP contribution in [-0.4, -0.2) is 79.0 Å². The van der Waals surface area contributed by atoms with Gasteiger partial charge in [0.05, 0.1) is 23.9 Å². The maximum atomic E-state index is 15.0. The van der Waals surface area contributed by atoms with E-state index in [0.29, 0.717) is 50.5 Å². The first-order valence-electron chi connectivity index (χ1n) is 11.1. The number of fused-ring (bicyclic) bond motifs is 1. The van der Waals surface area contributed by atoms with Crippen LogP contribution in [0.1, 0.15) is 17.3 Å². The normalized spacial score (nSPS) is 15.5. The number of aliphatic hydroxyl groups is 1. The standard InChI is InChI=1S/C22H25FN6O6/c1-2-27-11-16(22(32)33)21(31)15-7-17(23)19(8-18(15)27)28-5-3-25(4-6-28)9-14(30)10-26-12-20(24-13-26)29(34)35/h7-8,11-14,30H,2-6,9-10H2,1H3,(H,32,33). The van der Waals surface area contributed by atoms with E-state index >= 15 is 4.39 Å². The van der Waals surface area contributed by atoms with E-state index in [1.165, 1.54) is 23.3 Å². The number of aromatic nitrogens is 3. The molecule has 1 aromatic carbocycles. The number of anilines is 1. The summed E-state index contributed by atoms with van der Waals surface area (Å²) in [5.74, 6) is -2.24. The van der Waals surface area contributed by atoms with Crippen LogP contribution in [0.15, 0.2) is 35.6 Å². The Morgan fingerprint density at radius 3 is 2.54 bits per heavy atom. The van der Waals surface area contributed by atoms with Crippen LogP contribution in [0.3, 0.4) is 0 Å². The number of nitrogens with zero attached hydrogens (tertiary/aromatic N) is 6. The number of carbonyl (C=O) groups is 1. The molecule has 4 rings (SSSR count). The van der Waals surface area contributed by atoms with E-state index in [1.54, 1.807) is 10.6 Å². The van der Waals surface area contributed by atoms with Crippen LogP contribution >= 0.6 is 0 Å². The molecule has 0 bridgehead atoms. The minimum absolute atomic E-state index is 0.0227. The number of piperazine rings is 1. The van der Waals surface area contributed by atoms with Gasteiger partial charge in [-0.2, -0.15) is 0 Å². The fourth-order valence-electron chi connectivity index (χ4n) is 4.37. The highest BCUT2D eigenvalue weighted by molar-refractivity contribution is 5.93. The van der Waals surface area contributed by atoms with Crippen molar-refractivity contribution in [2.75, 3.05) is 37.6 Å². The number of hydrogen-bond acceptors (Lipinski definition) is 8. The van der Waals surface area contributed by atoms with Crippen molar-refractivity contribution in [1.29, 1.82) is 0 Å². The first-order chi connectivity index (χ1) is 16.7. The Kier molecular flexibility index (Phi) is 6.80. The molecule has 1 unspecified atom stereocenters. The molecule has 1 saturated heterocycles. The Balaban J connectivity index is 1.45. The average molecular weight is 488 g/mol. The molecule has 0 amide bonds. The van der Waals surface area contributed by atoms with Crippen molar-refractivity contribution in [1.82, 2.24) is 19.0 Å². The molecule has 1 fully saturated rings. The molecule has 13 heteroatoms. The SMILES string of the molecule is CCn1cc(C(=O)O)c(=O)c2cc(F)c(N3CCN(CC(O)Cn4cnc([N+](=O)[O-])c4)CC3)cc21. The summed E-state index contributed by atoms with van der Waals surface area (Å²) in [5, 5.41) is 30.4. The molecule has 1 aliphatic heterocycles. The Labute approximate surface area is 198 Å². The van der Waals surface area contributed by atoms with Gasteiger partial charge in [-0.3, -0.25) is 9.69 Å². The molecule has 0 saturated carbocycles. The van der Waals surface area contributed by atoms with Crippen molar-refractivity contribution < 1.29 is 24.3 Å². The van der Waals surface area contributed by atoms with Gasteiger partial charge in [-0.15, -0.1) is 0 Å². The Morgan fingerprint density at radius 1 is 1.23 bits per heavy atom. The number of rotatable bonds is 8. The van der Waals surface area contributed by atoms with E-state index in [1.807, 2.05) is 16.7 Å². The molecular weight excluding hydrogens is 463 g/mol. The van der Waals surface area contributed by atoms with Crippen LogP contribution in [0.25, 0.3) is 10.9 Å². The smallest absolute Gasteiger partial charge is 0.381 e. The summed E-state index contributed by atoms with van der Waals surface area (Å²) in [5.41, 5.74) is -0.326. The number of β-amino-alcohol motifs (C(OH)–C–C–N with tert-alkyl or cyclic N) is 1. The van der Waals surface area contributed by atoms with E-state index in [4.69, 9.17) is 0 Å². The summed E-state index contributed by atoms with van der Waals surface area (Å²) < 4.78 is 18.1. The van der Waals surface area contributed by atoms with Gasteiger partial charge in [0.1, 0.15) is 17.6 Å². The molecule has 1 aliphatic rings. The van der Waals surface area contributed by atoms with Gasteiger partial charge in [-0.1, -0.05) is 0 Å². The first kappa shape index (κ1) is 24.3. The van der Waals surface area contributed by atoms with Crippen LogP contribution < -0.4 is 10.3 Å². The van der Waals surface area contributed by atoms with Crippen LogP contribution in [0.2, 0.25) is 0 Å². The van der Waals surface area contributed by atoms with E-state index in [2.05, 4.69) is 4.98 Å². The van der Waals surface area contributed by atoms with Gasteiger partial charge in [0.2, 0.25) is 11.8 Å². The quantitative estimate of drug-likeness (QED) is 0.352. The molecule has 3 heterocycles. The summed E-state index contributed by atoms with van der Waals surface area (Å²) in [6.07, 6.45) is 3.08. The first-order valence-corrected chi connectivity index (χ1v) is 11.1. The molecule has 0 spiro atoms. The van der Waals surface area contributed by atoms with Gasteiger partial charge in [-0.05, 0) is 29.0 Å². The van der Waals surface area contributed by atoms with E-state index in [0.717, 1.165) is 6.07 Å². The number of benzene rings is 1. The topological polar surface area (TPSA) is 147 Å². The van der Waals surface area contributed by atoms with E-state index in [-0.39, 0.29) is 17.7 Å². The predicted octanol–water partition coefficient (Wildman–Crippen LogP) is 1.15. The van der Waals surface area contributed by atoms with Crippen molar-refractivity contribution in [2.24, 2.45) is 0 Å². The highest BCUT2D eigenvalue weighted by Crippen LogP contribution is 2.26. The molecule has 2 aromatic heterocycles. The Morgan fingerprint density at radius 2 is 1.94 bits per heavy atom. The summed E-state index contributed by atoms with van der Waals surface area (Å²) in [4.78, 5) is 41.6. The van der Waals surface area contributed by atoms with E-state index < -0.39 is 33.8 Å². The summed E-state index contributed by atoms with van der Waals surface area (Å²) in [6.45, 7) is 4.79. The number of aromatic carboxylic acids is 1. The number of carboxylic acid groups (broad SMARTS) is 1. The van der Waals surface area contributed by atoms with Crippen LogP contribution in [0, 0.1) is 15.9 Å². The number of nitro groups is 1. The molecule has 1 atom stereocenters. The predicted molar refractivity (Wildman–Crippen MR) is 124 cm³/mol. The average Bonchev–Trinajstić information content (AvgIpc) is 3.28. The number of aliphatic hydroxyl groups excluding tert-OH is 1. The van der Waals surface area contributed by atoms with Crippen molar-refractivity contribution in [3.8, 4) is 0 Å². The Hall–Kier alpha value is -3.84. The molecule has 0 radical (unpaired) electrons. The molecular formula is C22H25FN6O6. The minimum Gasteiger partial charge on any atom is -0.477 e. The molecule has 12 nitrogen and oxygen atoms in total. The minimum atomic E-state index is -1.35. The lowest BCUT2D eigenvalue weighted by Gasteiger charge is -2.37. The van der Waals surface area contributed by atoms with Gasteiger partial charge in [0.25, 0.3) is 0 Å². The van der Waals surface area contributed by atoms with Gasteiger partial charge in [-0.25, -0.2) is 9.18 Å². The maximum absolute atomic E-state index is 15.0. The highest BCUT2D eigenvalue weighted by Gasteiger charge is 2.24. The molecule has 186 valence electrons. The third-order valence-electron chi connectivity index (χ3n) is 6.13. The second-order valence-electron chi connectivity index (χ2n) is 8.41. The van der Waals surface area contributed by atoms with Crippen LogP contribution in [-0.2, 0) is 13.1 Å². The third kappa shape index (κ3) is 5.00. The fourth-order valence-corrected chi connectivity index (χ4v) is 4.37. The number of carboxylic acids is 1. The molecule has 0 aliphatic carbocycles. The molecule has 2 N–H and O–H groups in total. The fraction of sp³-hybridized carbons (Fsp3) is 0.409. The maximum Gasteiger partial charge on any atom is 0.381 e. The van der Waals surface area contributed by atoms with E-state index in [9.17, 15) is 29.9 Å². The lowest BCUT2D eigenvalue weighted by atomic mass is 10.1. The zero-order valence-corrected chi connectivity index (χ0v) is 19.0. The number of pyridine rings is 1. The third-order valence-corrected chi connectivity index (χ3v) is 6.13. The second kappa shape index (κ2) is 9.80. The Bertz CT molecular complexity index is 1330. The van der Waals surface area contributed by atoms with Gasteiger partial charge in [0.15, 0.2) is 0 Å². The van der Waals surface area contributed by atoms with Crippen LogP contribution in [0.4, 0.5) is 15.9 Å². The lowest BCUT2D eigenvalue weighted by Crippen LogP contribution is -2.49. The number of halogens is 1. The summed E-state index contributed by atoms with van der Waals surface area (Å²) in [7, 11) is 0. The van der Waals surface area contributed by atoms with Crippen molar-refractivity contribution >= 4 is 28.4 Å². The summed E-state index contributed by atoms with van der Waals surface area (Å²) >= 11 is 0. The molecule has 35 heavy (non-hydrogen) atoms. The lowest BCUT2D eigenvalue weighted by molar-refractivity contribution is -0.389. The zero-order valence-electron chi connectivity index (χ0n) is 19.0. The zero-order chi connectivity index (χ0) is 25.3. The second-order valence-corrected chi connectivity index (χ2v) is 8.41. The highest BCUT2D eigenvalue weighted by atomic mass is 19.1. The van der Waals surface area contributed by atoms with Gasteiger partial charge < -0.3 is 34.4 Å². The van der Waals surface area contributed by atoms with Gasteiger partial charge >= 0.3 is 11.8 Å². The largest absolute Gasteiger partial charge is 0.477 e.